The Morgan fingerprint density at radius 2 is 2.00 bits per heavy atom. The molecule has 2 N–H and O–H groups in total. The topological polar surface area (TPSA) is 48.1 Å². The van der Waals surface area contributed by atoms with E-state index in [-0.39, 0.29) is 0 Å². The molecule has 0 saturated heterocycles. The molecule has 4 heteroatoms. The van der Waals surface area contributed by atoms with Crippen molar-refractivity contribution in [2.75, 3.05) is 12.8 Å². The smallest absolute Gasteiger partial charge is 0.132 e. The summed E-state index contributed by atoms with van der Waals surface area (Å²) in [5.41, 5.74) is 7.76. The lowest BCUT2D eigenvalue weighted by Crippen LogP contribution is -1.95. The molecule has 0 atom stereocenters. The second-order valence-electron chi connectivity index (χ2n) is 3.60. The van der Waals surface area contributed by atoms with Crippen LogP contribution in [0.2, 0.25) is 0 Å². The van der Waals surface area contributed by atoms with Gasteiger partial charge in [0, 0.05) is 6.20 Å². The van der Waals surface area contributed by atoms with Crippen molar-refractivity contribution >= 4 is 17.4 Å². The van der Waals surface area contributed by atoms with Crippen molar-refractivity contribution in [2.45, 2.75) is 16.8 Å². The van der Waals surface area contributed by atoms with Crippen molar-refractivity contribution in [2.24, 2.45) is 0 Å². The normalized spacial score (nSPS) is 10.2. The predicted octanol–water partition coefficient (Wildman–Crippen LogP) is 3.13. The summed E-state index contributed by atoms with van der Waals surface area (Å²) in [4.78, 5) is 5.31. The molecule has 0 aliphatic rings. The van der Waals surface area contributed by atoms with Gasteiger partial charge in [0.15, 0.2) is 0 Å². The molecule has 0 radical (unpaired) electrons. The first kappa shape index (κ1) is 11.8. The minimum Gasteiger partial charge on any atom is -0.496 e. The second kappa shape index (κ2) is 5.10. The van der Waals surface area contributed by atoms with E-state index in [4.69, 9.17) is 10.5 Å². The maximum atomic E-state index is 6.00. The molecule has 1 aromatic carbocycles. The van der Waals surface area contributed by atoms with Gasteiger partial charge in [-0.25, -0.2) is 4.98 Å². The third-order valence-corrected chi connectivity index (χ3v) is 3.52. The fourth-order valence-electron chi connectivity index (χ4n) is 1.43. The van der Waals surface area contributed by atoms with Gasteiger partial charge in [-0.2, -0.15) is 0 Å². The summed E-state index contributed by atoms with van der Waals surface area (Å²) in [6.45, 7) is 1.98. The molecule has 2 aromatic rings. The number of para-hydroxylation sites is 1. The molecule has 0 bridgehead atoms. The van der Waals surface area contributed by atoms with Crippen molar-refractivity contribution in [1.82, 2.24) is 4.98 Å². The molecule has 0 amide bonds. The fraction of sp³-hybridized carbons (Fsp3) is 0.154. The van der Waals surface area contributed by atoms with Gasteiger partial charge in [-0.3, -0.25) is 0 Å². The lowest BCUT2D eigenvalue weighted by atomic mass is 10.3. The van der Waals surface area contributed by atoms with E-state index in [9.17, 15) is 0 Å². The third-order valence-electron chi connectivity index (χ3n) is 2.45. The van der Waals surface area contributed by atoms with Gasteiger partial charge in [0.25, 0.3) is 0 Å². The van der Waals surface area contributed by atoms with Gasteiger partial charge in [0.05, 0.1) is 17.7 Å². The van der Waals surface area contributed by atoms with E-state index >= 15 is 0 Å². The molecule has 0 aliphatic heterocycles. The van der Waals surface area contributed by atoms with Crippen molar-refractivity contribution < 1.29 is 4.74 Å². The number of pyridine rings is 1. The van der Waals surface area contributed by atoms with Crippen LogP contribution in [0.3, 0.4) is 0 Å². The molecular formula is C13H14N2OS. The molecular weight excluding hydrogens is 232 g/mol. The number of nitrogen functional groups attached to an aromatic ring is 1. The summed E-state index contributed by atoms with van der Waals surface area (Å²) in [6.07, 6.45) is 1.77. The first-order valence-corrected chi connectivity index (χ1v) is 6.06. The average Bonchev–Trinajstić information content (AvgIpc) is 2.35. The summed E-state index contributed by atoms with van der Waals surface area (Å²) in [5, 5.41) is 0.814. The van der Waals surface area contributed by atoms with E-state index in [1.807, 2.05) is 37.3 Å². The Balaban J connectivity index is 2.35. The number of aromatic nitrogens is 1. The first-order valence-electron chi connectivity index (χ1n) is 5.24. The number of benzene rings is 1. The Hall–Kier alpha value is -1.68. The number of ether oxygens (including phenoxy) is 1. The lowest BCUT2D eigenvalue weighted by Gasteiger charge is -2.09. The van der Waals surface area contributed by atoms with Gasteiger partial charge in [0.1, 0.15) is 10.8 Å². The van der Waals surface area contributed by atoms with Crippen LogP contribution in [0, 0.1) is 6.92 Å². The summed E-state index contributed by atoms with van der Waals surface area (Å²) < 4.78 is 5.30. The number of nitrogens with zero attached hydrogens (tertiary/aromatic N) is 1. The number of methoxy groups -OCH3 is 1. The van der Waals surface area contributed by atoms with Crippen LogP contribution in [-0.2, 0) is 0 Å². The number of anilines is 1. The summed E-state index contributed by atoms with van der Waals surface area (Å²) in [6, 6.07) is 9.73. The van der Waals surface area contributed by atoms with Gasteiger partial charge in [0.2, 0.25) is 0 Å². The maximum Gasteiger partial charge on any atom is 0.132 e. The van der Waals surface area contributed by atoms with E-state index in [0.29, 0.717) is 0 Å². The Morgan fingerprint density at radius 1 is 1.24 bits per heavy atom. The maximum absolute atomic E-state index is 6.00. The van der Waals surface area contributed by atoms with Crippen LogP contribution in [0.25, 0.3) is 0 Å². The van der Waals surface area contributed by atoms with Gasteiger partial charge in [-0.1, -0.05) is 23.9 Å². The molecule has 0 saturated carbocycles. The van der Waals surface area contributed by atoms with E-state index in [0.717, 1.165) is 26.9 Å². The molecule has 88 valence electrons. The first-order chi connectivity index (χ1) is 8.22. The largest absolute Gasteiger partial charge is 0.496 e. The molecule has 0 fully saturated rings. The van der Waals surface area contributed by atoms with E-state index in [1.54, 1.807) is 13.3 Å². The molecule has 0 aliphatic carbocycles. The number of rotatable bonds is 3. The van der Waals surface area contributed by atoms with Gasteiger partial charge in [-0.05, 0) is 30.7 Å². The fourth-order valence-corrected chi connectivity index (χ4v) is 2.42. The molecule has 1 heterocycles. The number of hydrogen-bond acceptors (Lipinski definition) is 4. The van der Waals surface area contributed by atoms with Crippen molar-refractivity contribution in [3.63, 3.8) is 0 Å². The summed E-state index contributed by atoms with van der Waals surface area (Å²) >= 11 is 1.52. The number of hydrogen-bond donors (Lipinski definition) is 1. The van der Waals surface area contributed by atoms with E-state index in [2.05, 4.69) is 4.98 Å². The highest BCUT2D eigenvalue weighted by molar-refractivity contribution is 7.99. The minimum absolute atomic E-state index is 0.725. The zero-order valence-corrected chi connectivity index (χ0v) is 10.6. The molecule has 1 aromatic heterocycles. The monoisotopic (exact) mass is 246 g/mol. The Morgan fingerprint density at radius 3 is 2.76 bits per heavy atom. The van der Waals surface area contributed by atoms with Crippen molar-refractivity contribution in [3.05, 3.63) is 42.1 Å². The SMILES string of the molecule is COc1ccccc1Sc1nccc(C)c1N. The number of nitrogens with two attached hydrogens (primary N) is 1. The van der Waals surface area contributed by atoms with Crippen LogP contribution in [0.4, 0.5) is 5.69 Å². The predicted molar refractivity (Wildman–Crippen MR) is 70.5 cm³/mol. The van der Waals surface area contributed by atoms with E-state index < -0.39 is 0 Å². The quantitative estimate of drug-likeness (QED) is 0.904. The van der Waals surface area contributed by atoms with E-state index in [1.165, 1.54) is 11.8 Å². The Labute approximate surface area is 105 Å². The van der Waals surface area contributed by atoms with Crippen LogP contribution in [0.1, 0.15) is 5.56 Å². The van der Waals surface area contributed by atoms with Crippen LogP contribution in [-0.4, -0.2) is 12.1 Å². The summed E-state index contributed by atoms with van der Waals surface area (Å²) in [5.74, 6) is 0.834. The standard InChI is InChI=1S/C13H14N2OS/c1-9-7-8-15-13(12(9)14)17-11-6-4-3-5-10(11)16-2/h3-8H,14H2,1-2H3. The van der Waals surface area contributed by atoms with Gasteiger partial charge >= 0.3 is 0 Å². The Kier molecular flexibility index (Phi) is 3.54. The van der Waals surface area contributed by atoms with Crippen molar-refractivity contribution in [1.29, 1.82) is 0 Å². The van der Waals surface area contributed by atoms with Crippen LogP contribution >= 0.6 is 11.8 Å². The van der Waals surface area contributed by atoms with Crippen LogP contribution in [0.15, 0.2) is 46.5 Å². The van der Waals surface area contributed by atoms with Crippen LogP contribution in [0.5, 0.6) is 5.75 Å². The zero-order valence-electron chi connectivity index (χ0n) is 9.81. The molecule has 2 rings (SSSR count). The Bertz CT molecular complexity index is 529. The highest BCUT2D eigenvalue weighted by atomic mass is 32.2. The second-order valence-corrected chi connectivity index (χ2v) is 4.63. The highest BCUT2D eigenvalue weighted by Crippen LogP contribution is 2.36. The molecule has 17 heavy (non-hydrogen) atoms. The van der Waals surface area contributed by atoms with Gasteiger partial charge in [-0.15, -0.1) is 0 Å². The van der Waals surface area contributed by atoms with Crippen molar-refractivity contribution in [3.8, 4) is 5.75 Å². The minimum atomic E-state index is 0.725. The average molecular weight is 246 g/mol. The third kappa shape index (κ3) is 2.53. The summed E-state index contributed by atoms with van der Waals surface area (Å²) in [7, 11) is 1.66. The van der Waals surface area contributed by atoms with Gasteiger partial charge < -0.3 is 10.5 Å². The molecule has 0 unspecified atom stereocenters. The number of aryl methyl sites for hydroxylation is 1. The van der Waals surface area contributed by atoms with Crippen LogP contribution < -0.4 is 10.5 Å². The zero-order chi connectivity index (χ0) is 12.3. The lowest BCUT2D eigenvalue weighted by molar-refractivity contribution is 0.405. The highest BCUT2D eigenvalue weighted by Gasteiger charge is 2.08. The molecule has 3 nitrogen and oxygen atoms in total. The molecule has 0 spiro atoms.